The third-order valence-corrected chi connectivity index (χ3v) is 3.72. The zero-order valence-corrected chi connectivity index (χ0v) is 10.9. The van der Waals surface area contributed by atoms with Gasteiger partial charge in [0.15, 0.2) is 0 Å². The second-order valence-electron chi connectivity index (χ2n) is 5.02. The van der Waals surface area contributed by atoms with Crippen molar-refractivity contribution in [2.24, 2.45) is 0 Å². The number of hydrogen-bond donors (Lipinski definition) is 2. The molecule has 0 bridgehead atoms. The van der Waals surface area contributed by atoms with Gasteiger partial charge in [0, 0.05) is 42.8 Å². The Morgan fingerprint density at radius 2 is 2.00 bits per heavy atom. The maximum Gasteiger partial charge on any atom is 0.352 e. The molecule has 0 radical (unpaired) electrons. The second-order valence-corrected chi connectivity index (χ2v) is 5.02. The van der Waals surface area contributed by atoms with E-state index in [2.05, 4.69) is 27.9 Å². The molecule has 2 N–H and O–H groups in total. The van der Waals surface area contributed by atoms with Crippen LogP contribution in [0.3, 0.4) is 0 Å². The molecule has 0 saturated carbocycles. The van der Waals surface area contributed by atoms with E-state index in [4.69, 9.17) is 5.11 Å². The van der Waals surface area contributed by atoms with Crippen LogP contribution in [0.5, 0.6) is 0 Å². The monoisotopic (exact) mass is 259 g/mol. The average Bonchev–Trinajstić information content (AvgIpc) is 2.83. The summed E-state index contributed by atoms with van der Waals surface area (Å²) in [5.41, 5.74) is 2.25. The van der Waals surface area contributed by atoms with Gasteiger partial charge in [-0.25, -0.2) is 4.79 Å². The summed E-state index contributed by atoms with van der Waals surface area (Å²) in [4.78, 5) is 18.6. The quantitative estimate of drug-likeness (QED) is 0.860. The van der Waals surface area contributed by atoms with Crippen molar-refractivity contribution < 1.29 is 9.90 Å². The predicted molar refractivity (Wildman–Crippen MR) is 75.0 cm³/mol. The smallest absolute Gasteiger partial charge is 0.352 e. The normalized spacial score (nSPS) is 17.0. The number of carbonyl (C=O) groups is 1. The number of hydrogen-bond acceptors (Lipinski definition) is 3. The lowest BCUT2D eigenvalue weighted by molar-refractivity contribution is 0.0691. The Balaban J connectivity index is 2.01. The number of H-pyrrole nitrogens is 1. The van der Waals surface area contributed by atoms with Gasteiger partial charge in [-0.3, -0.25) is 0 Å². The molecule has 1 saturated heterocycles. The zero-order chi connectivity index (χ0) is 13.4. The van der Waals surface area contributed by atoms with Crippen molar-refractivity contribution in [1.29, 1.82) is 0 Å². The van der Waals surface area contributed by atoms with Crippen LogP contribution in [-0.2, 0) is 0 Å². The summed E-state index contributed by atoms with van der Waals surface area (Å²) >= 11 is 0. The molecule has 5 nitrogen and oxygen atoms in total. The van der Waals surface area contributed by atoms with Gasteiger partial charge in [0.25, 0.3) is 0 Å². The molecule has 0 unspecified atom stereocenters. The highest BCUT2D eigenvalue weighted by atomic mass is 16.4. The van der Waals surface area contributed by atoms with E-state index >= 15 is 0 Å². The number of nitrogens with one attached hydrogen (secondary N) is 1. The third-order valence-electron chi connectivity index (χ3n) is 3.72. The molecule has 0 amide bonds. The third kappa shape index (κ3) is 2.17. The predicted octanol–water partition coefficient (Wildman–Crippen LogP) is 1.62. The summed E-state index contributed by atoms with van der Waals surface area (Å²) in [5.74, 6) is -0.916. The van der Waals surface area contributed by atoms with E-state index in [0.29, 0.717) is 0 Å². The van der Waals surface area contributed by atoms with Crippen LogP contribution in [0, 0.1) is 0 Å². The Morgan fingerprint density at radius 3 is 2.68 bits per heavy atom. The van der Waals surface area contributed by atoms with E-state index in [-0.39, 0.29) is 5.69 Å². The Hall–Kier alpha value is -2.01. The molecule has 0 aliphatic carbocycles. The number of benzene rings is 1. The highest BCUT2D eigenvalue weighted by Crippen LogP contribution is 2.28. The first-order valence-electron chi connectivity index (χ1n) is 6.43. The highest BCUT2D eigenvalue weighted by Gasteiger charge is 2.18. The minimum atomic E-state index is -0.916. The Labute approximate surface area is 111 Å². The summed E-state index contributed by atoms with van der Waals surface area (Å²) in [6.45, 7) is 4.02. The first kappa shape index (κ1) is 12.0. The molecule has 19 heavy (non-hydrogen) atoms. The number of carboxylic acid groups (broad SMARTS) is 1. The molecular weight excluding hydrogens is 242 g/mol. The van der Waals surface area contributed by atoms with Crippen molar-refractivity contribution >= 4 is 22.6 Å². The minimum absolute atomic E-state index is 0.247. The van der Waals surface area contributed by atoms with E-state index in [1.165, 1.54) is 0 Å². The van der Waals surface area contributed by atoms with E-state index in [1.54, 1.807) is 6.07 Å². The molecule has 2 aromatic rings. The number of fused-ring (bicyclic) bond motifs is 1. The first-order chi connectivity index (χ1) is 9.15. The molecule has 2 heterocycles. The van der Waals surface area contributed by atoms with Crippen LogP contribution in [0.15, 0.2) is 24.3 Å². The standard InChI is InChI=1S/C14H17N3O2/c1-16-5-7-17(8-6-16)13-4-2-3-11-10(13)9-12(15-11)14(18)19/h2-4,9,15H,5-8H2,1H3,(H,18,19). The molecule has 1 aromatic carbocycles. The van der Waals surface area contributed by atoms with Crippen molar-refractivity contribution in [2.45, 2.75) is 0 Å². The molecule has 0 spiro atoms. The lowest BCUT2D eigenvalue weighted by Gasteiger charge is -2.34. The zero-order valence-electron chi connectivity index (χ0n) is 10.9. The second kappa shape index (κ2) is 4.59. The summed E-state index contributed by atoms with van der Waals surface area (Å²) in [5, 5.41) is 10.1. The Morgan fingerprint density at radius 1 is 1.26 bits per heavy atom. The Kier molecular flexibility index (Phi) is 2.91. The number of anilines is 1. The van der Waals surface area contributed by atoms with Crippen LogP contribution in [-0.4, -0.2) is 54.2 Å². The molecule has 100 valence electrons. The van der Waals surface area contributed by atoms with Gasteiger partial charge in [0.05, 0.1) is 0 Å². The SMILES string of the molecule is CN1CCN(c2cccc3[nH]c(C(=O)O)cc23)CC1. The number of rotatable bonds is 2. The van der Waals surface area contributed by atoms with Gasteiger partial charge in [0.1, 0.15) is 5.69 Å². The van der Waals surface area contributed by atoms with Gasteiger partial charge in [-0.05, 0) is 25.2 Å². The lowest BCUT2D eigenvalue weighted by Crippen LogP contribution is -2.44. The van der Waals surface area contributed by atoms with Gasteiger partial charge >= 0.3 is 5.97 Å². The lowest BCUT2D eigenvalue weighted by atomic mass is 10.1. The van der Waals surface area contributed by atoms with E-state index in [0.717, 1.165) is 42.8 Å². The minimum Gasteiger partial charge on any atom is -0.477 e. The van der Waals surface area contributed by atoms with Gasteiger partial charge in [0.2, 0.25) is 0 Å². The topological polar surface area (TPSA) is 59.6 Å². The number of piperazine rings is 1. The van der Waals surface area contributed by atoms with Gasteiger partial charge in [-0.2, -0.15) is 0 Å². The number of carboxylic acids is 1. The maximum atomic E-state index is 11.0. The maximum absolute atomic E-state index is 11.0. The number of aromatic carboxylic acids is 1. The molecule has 1 aliphatic heterocycles. The van der Waals surface area contributed by atoms with E-state index in [9.17, 15) is 4.79 Å². The fraction of sp³-hybridized carbons (Fsp3) is 0.357. The Bertz CT molecular complexity index is 612. The summed E-state index contributed by atoms with van der Waals surface area (Å²) < 4.78 is 0. The summed E-state index contributed by atoms with van der Waals surface area (Å²) in [6, 6.07) is 7.68. The van der Waals surface area contributed by atoms with Crippen LogP contribution < -0.4 is 4.90 Å². The highest BCUT2D eigenvalue weighted by molar-refractivity contribution is 5.99. The fourth-order valence-electron chi connectivity index (χ4n) is 2.58. The van der Waals surface area contributed by atoms with E-state index in [1.807, 2.05) is 12.1 Å². The van der Waals surface area contributed by atoms with Crippen LogP contribution in [0.25, 0.3) is 10.9 Å². The fourth-order valence-corrected chi connectivity index (χ4v) is 2.58. The summed E-state index contributed by atoms with van der Waals surface area (Å²) in [7, 11) is 2.12. The number of aromatic nitrogens is 1. The van der Waals surface area contributed by atoms with Crippen molar-refractivity contribution in [3.8, 4) is 0 Å². The van der Waals surface area contributed by atoms with Gasteiger partial charge in [-0.15, -0.1) is 0 Å². The molecule has 1 aliphatic rings. The van der Waals surface area contributed by atoms with Crippen LogP contribution >= 0.6 is 0 Å². The van der Waals surface area contributed by atoms with Crippen molar-refractivity contribution in [3.63, 3.8) is 0 Å². The van der Waals surface area contributed by atoms with Crippen LogP contribution in [0.4, 0.5) is 5.69 Å². The average molecular weight is 259 g/mol. The number of likely N-dealkylation sites (N-methyl/N-ethyl adjacent to an activating group) is 1. The van der Waals surface area contributed by atoms with Gasteiger partial charge in [-0.1, -0.05) is 6.07 Å². The first-order valence-corrected chi connectivity index (χ1v) is 6.43. The molecule has 5 heteroatoms. The molecule has 1 aromatic heterocycles. The van der Waals surface area contributed by atoms with Crippen molar-refractivity contribution in [3.05, 3.63) is 30.0 Å². The molecular formula is C14H17N3O2. The molecule has 1 fully saturated rings. The van der Waals surface area contributed by atoms with Crippen LogP contribution in [0.2, 0.25) is 0 Å². The largest absolute Gasteiger partial charge is 0.477 e. The molecule has 0 atom stereocenters. The van der Waals surface area contributed by atoms with Gasteiger partial charge < -0.3 is 19.9 Å². The van der Waals surface area contributed by atoms with Crippen molar-refractivity contribution in [1.82, 2.24) is 9.88 Å². The summed E-state index contributed by atoms with van der Waals surface area (Å²) in [6.07, 6.45) is 0. The molecule has 3 rings (SSSR count). The van der Waals surface area contributed by atoms with Crippen LogP contribution in [0.1, 0.15) is 10.5 Å². The number of nitrogens with zero attached hydrogens (tertiary/aromatic N) is 2. The van der Waals surface area contributed by atoms with E-state index < -0.39 is 5.97 Å². The van der Waals surface area contributed by atoms with Crippen molar-refractivity contribution in [2.75, 3.05) is 38.1 Å². The number of aromatic amines is 1.